The number of methoxy groups -OCH3 is 1. The lowest BCUT2D eigenvalue weighted by Gasteiger charge is -2.17. The molecule has 118 valence electrons. The first-order chi connectivity index (χ1) is 11.0. The highest BCUT2D eigenvalue weighted by molar-refractivity contribution is 6.30. The summed E-state index contributed by atoms with van der Waals surface area (Å²) in [5.74, 6) is 0.463. The molecule has 1 amide bonds. The van der Waals surface area contributed by atoms with Crippen LogP contribution < -0.4 is 14.8 Å². The lowest BCUT2D eigenvalue weighted by atomic mass is 10.2. The molecule has 5 nitrogen and oxygen atoms in total. The molecule has 2 aromatic carbocycles. The number of carbonyl (C=O) groups excluding carboxylic acids is 1. The summed E-state index contributed by atoms with van der Waals surface area (Å²) in [4.78, 5) is 12.2. The van der Waals surface area contributed by atoms with Crippen molar-refractivity contribution in [1.82, 2.24) is 0 Å². The molecule has 23 heavy (non-hydrogen) atoms. The van der Waals surface area contributed by atoms with Gasteiger partial charge in [-0.2, -0.15) is 5.26 Å². The number of nitrogens with one attached hydrogen (secondary N) is 1. The lowest BCUT2D eigenvalue weighted by Crippen LogP contribution is -2.30. The third-order valence-electron chi connectivity index (χ3n) is 3.06. The molecule has 0 aliphatic carbocycles. The van der Waals surface area contributed by atoms with Gasteiger partial charge in [-0.25, -0.2) is 0 Å². The molecule has 0 radical (unpaired) electrons. The maximum absolute atomic E-state index is 12.2. The number of amides is 1. The van der Waals surface area contributed by atoms with E-state index in [1.54, 1.807) is 49.4 Å². The highest BCUT2D eigenvalue weighted by Gasteiger charge is 2.17. The molecule has 0 aliphatic rings. The van der Waals surface area contributed by atoms with Crippen molar-refractivity contribution in [2.45, 2.75) is 13.0 Å². The van der Waals surface area contributed by atoms with E-state index < -0.39 is 6.10 Å². The van der Waals surface area contributed by atoms with E-state index >= 15 is 0 Å². The van der Waals surface area contributed by atoms with Crippen molar-refractivity contribution < 1.29 is 14.3 Å². The number of halogens is 1. The first-order valence-corrected chi connectivity index (χ1v) is 7.22. The van der Waals surface area contributed by atoms with Gasteiger partial charge in [0.05, 0.1) is 18.7 Å². The SMILES string of the molecule is COc1cc(C#N)ccc1O[C@H](C)C(=O)Nc1cccc(Cl)c1. The van der Waals surface area contributed by atoms with Gasteiger partial charge < -0.3 is 14.8 Å². The number of anilines is 1. The van der Waals surface area contributed by atoms with Gasteiger partial charge in [0.2, 0.25) is 0 Å². The molecule has 0 fully saturated rings. The average molecular weight is 331 g/mol. The molecule has 0 bridgehead atoms. The van der Waals surface area contributed by atoms with Crippen molar-refractivity contribution in [1.29, 1.82) is 5.26 Å². The Kier molecular flexibility index (Phi) is 5.45. The highest BCUT2D eigenvalue weighted by atomic mass is 35.5. The van der Waals surface area contributed by atoms with Gasteiger partial charge in [0.15, 0.2) is 17.6 Å². The molecule has 0 unspecified atom stereocenters. The van der Waals surface area contributed by atoms with Gasteiger partial charge in [0.1, 0.15) is 0 Å². The number of ether oxygens (including phenoxy) is 2. The van der Waals surface area contributed by atoms with Gasteiger partial charge in [-0.3, -0.25) is 4.79 Å². The summed E-state index contributed by atoms with van der Waals surface area (Å²) >= 11 is 5.88. The normalized spacial score (nSPS) is 11.2. The fourth-order valence-electron chi connectivity index (χ4n) is 1.89. The van der Waals surface area contributed by atoms with Crippen LogP contribution in [0.15, 0.2) is 42.5 Å². The van der Waals surface area contributed by atoms with Crippen molar-refractivity contribution in [3.05, 3.63) is 53.1 Å². The Morgan fingerprint density at radius 1 is 1.26 bits per heavy atom. The molecule has 6 heteroatoms. The highest BCUT2D eigenvalue weighted by Crippen LogP contribution is 2.29. The molecule has 1 N–H and O–H groups in total. The topological polar surface area (TPSA) is 71.3 Å². The molecule has 2 rings (SSSR count). The minimum absolute atomic E-state index is 0.321. The standard InChI is InChI=1S/C17H15ClN2O3/c1-11(17(21)20-14-5-3-4-13(18)9-14)23-15-7-6-12(10-19)8-16(15)22-2/h3-9,11H,1-2H3,(H,20,21)/t11-/m1/s1. The summed E-state index contributed by atoms with van der Waals surface area (Å²) in [5, 5.41) is 12.1. The maximum Gasteiger partial charge on any atom is 0.265 e. The van der Waals surface area contributed by atoms with Crippen molar-refractivity contribution in [3.8, 4) is 17.6 Å². The Labute approximate surface area is 139 Å². The Hall–Kier alpha value is -2.71. The summed E-state index contributed by atoms with van der Waals surface area (Å²) in [6, 6.07) is 13.6. The van der Waals surface area contributed by atoms with Crippen LogP contribution in [0.4, 0.5) is 5.69 Å². The largest absolute Gasteiger partial charge is 0.493 e. The Morgan fingerprint density at radius 3 is 2.70 bits per heavy atom. The fourth-order valence-corrected chi connectivity index (χ4v) is 2.08. The lowest BCUT2D eigenvalue weighted by molar-refractivity contribution is -0.122. The van der Waals surface area contributed by atoms with Crippen LogP contribution in [0, 0.1) is 11.3 Å². The third-order valence-corrected chi connectivity index (χ3v) is 3.29. The van der Waals surface area contributed by atoms with Gasteiger partial charge in [0.25, 0.3) is 5.91 Å². The molecule has 0 heterocycles. The van der Waals surface area contributed by atoms with Crippen LogP contribution in [0.1, 0.15) is 12.5 Å². The number of benzene rings is 2. The molecule has 0 saturated heterocycles. The number of nitriles is 1. The van der Waals surface area contributed by atoms with Crippen molar-refractivity contribution in [2.75, 3.05) is 12.4 Å². The molecule has 1 atom stereocenters. The predicted molar refractivity (Wildman–Crippen MR) is 87.9 cm³/mol. The predicted octanol–water partition coefficient (Wildman–Crippen LogP) is 3.63. The number of rotatable bonds is 5. The van der Waals surface area contributed by atoms with E-state index in [-0.39, 0.29) is 5.91 Å². The number of nitrogens with zero attached hydrogens (tertiary/aromatic N) is 1. The molecular formula is C17H15ClN2O3. The van der Waals surface area contributed by atoms with E-state index in [0.29, 0.717) is 27.8 Å². The van der Waals surface area contributed by atoms with Crippen LogP contribution in [0.3, 0.4) is 0 Å². The zero-order valence-corrected chi connectivity index (χ0v) is 13.4. The van der Waals surface area contributed by atoms with Crippen LogP contribution in [0.25, 0.3) is 0 Å². The monoisotopic (exact) mass is 330 g/mol. The second-order valence-corrected chi connectivity index (χ2v) is 5.17. The van der Waals surface area contributed by atoms with Crippen molar-refractivity contribution in [3.63, 3.8) is 0 Å². The quantitative estimate of drug-likeness (QED) is 0.908. The van der Waals surface area contributed by atoms with E-state index in [9.17, 15) is 4.79 Å². The minimum atomic E-state index is -0.754. The third kappa shape index (κ3) is 4.38. The summed E-state index contributed by atoms with van der Waals surface area (Å²) in [7, 11) is 1.47. The molecule has 2 aromatic rings. The summed E-state index contributed by atoms with van der Waals surface area (Å²) < 4.78 is 10.8. The van der Waals surface area contributed by atoms with Crippen molar-refractivity contribution >= 4 is 23.2 Å². The molecule has 0 spiro atoms. The van der Waals surface area contributed by atoms with E-state index in [1.807, 2.05) is 6.07 Å². The van der Waals surface area contributed by atoms with E-state index in [2.05, 4.69) is 5.32 Å². The zero-order chi connectivity index (χ0) is 16.8. The minimum Gasteiger partial charge on any atom is -0.493 e. The smallest absolute Gasteiger partial charge is 0.265 e. The van der Waals surface area contributed by atoms with Gasteiger partial charge >= 0.3 is 0 Å². The average Bonchev–Trinajstić information content (AvgIpc) is 2.55. The van der Waals surface area contributed by atoms with E-state index in [1.165, 1.54) is 7.11 Å². The van der Waals surface area contributed by atoms with E-state index in [4.69, 9.17) is 26.3 Å². The first-order valence-electron chi connectivity index (χ1n) is 6.84. The van der Waals surface area contributed by atoms with Gasteiger partial charge in [-0.1, -0.05) is 17.7 Å². The molecule has 0 saturated carbocycles. The van der Waals surface area contributed by atoms with Crippen LogP contribution >= 0.6 is 11.6 Å². The van der Waals surface area contributed by atoms with Crippen molar-refractivity contribution in [2.24, 2.45) is 0 Å². The van der Waals surface area contributed by atoms with Crippen LogP contribution in [0.2, 0.25) is 5.02 Å². The van der Waals surface area contributed by atoms with Crippen LogP contribution in [-0.4, -0.2) is 19.1 Å². The second kappa shape index (κ2) is 7.52. The number of hydrogen-bond donors (Lipinski definition) is 1. The van der Waals surface area contributed by atoms with Gasteiger partial charge in [-0.15, -0.1) is 0 Å². The number of hydrogen-bond acceptors (Lipinski definition) is 4. The second-order valence-electron chi connectivity index (χ2n) is 4.74. The summed E-state index contributed by atoms with van der Waals surface area (Å²) in [6.45, 7) is 1.62. The van der Waals surface area contributed by atoms with Crippen LogP contribution in [0.5, 0.6) is 11.5 Å². The number of carbonyl (C=O) groups is 1. The zero-order valence-electron chi connectivity index (χ0n) is 12.7. The molecular weight excluding hydrogens is 316 g/mol. The maximum atomic E-state index is 12.2. The summed E-state index contributed by atoms with van der Waals surface area (Å²) in [5.41, 5.74) is 1.04. The van der Waals surface area contributed by atoms with Gasteiger partial charge in [-0.05, 0) is 37.3 Å². The molecule has 0 aromatic heterocycles. The van der Waals surface area contributed by atoms with Crippen LogP contribution in [-0.2, 0) is 4.79 Å². The fraction of sp³-hybridized carbons (Fsp3) is 0.176. The Morgan fingerprint density at radius 2 is 2.04 bits per heavy atom. The molecule has 0 aliphatic heterocycles. The van der Waals surface area contributed by atoms with E-state index in [0.717, 1.165) is 0 Å². The first kappa shape index (κ1) is 16.7. The summed E-state index contributed by atoms with van der Waals surface area (Å²) in [6.07, 6.45) is -0.754. The Balaban J connectivity index is 2.08. The Bertz CT molecular complexity index is 756. The van der Waals surface area contributed by atoms with Gasteiger partial charge in [0, 0.05) is 16.8 Å².